The predicted octanol–water partition coefficient (Wildman–Crippen LogP) is 2.92. The molecule has 6 heteroatoms. The zero-order chi connectivity index (χ0) is 20.3. The zero-order valence-electron chi connectivity index (χ0n) is 17.4. The minimum atomic E-state index is 0.0322. The van der Waals surface area contributed by atoms with Crippen molar-refractivity contribution in [3.63, 3.8) is 0 Å². The highest BCUT2D eigenvalue weighted by Crippen LogP contribution is 2.35. The lowest BCUT2D eigenvalue weighted by atomic mass is 9.80. The highest BCUT2D eigenvalue weighted by molar-refractivity contribution is 5.81. The van der Waals surface area contributed by atoms with E-state index in [1.807, 2.05) is 30.9 Å². The van der Waals surface area contributed by atoms with E-state index in [4.69, 9.17) is 9.47 Å². The van der Waals surface area contributed by atoms with Crippen LogP contribution in [-0.4, -0.2) is 43.5 Å². The van der Waals surface area contributed by atoms with E-state index in [-0.39, 0.29) is 29.7 Å². The molecule has 1 N–H and O–H groups in total. The first-order valence-electron chi connectivity index (χ1n) is 10.3. The van der Waals surface area contributed by atoms with Crippen LogP contribution >= 0.6 is 0 Å². The summed E-state index contributed by atoms with van der Waals surface area (Å²) in [6.07, 6.45) is 4.01. The van der Waals surface area contributed by atoms with Gasteiger partial charge < -0.3 is 19.7 Å². The fourth-order valence-electron chi connectivity index (χ4n) is 4.33. The number of nitrogens with zero attached hydrogens (tertiary/aromatic N) is 1. The van der Waals surface area contributed by atoms with Crippen molar-refractivity contribution in [1.29, 1.82) is 0 Å². The van der Waals surface area contributed by atoms with Gasteiger partial charge in [0.25, 0.3) is 0 Å². The fraction of sp³-hybridized carbons (Fsp3) is 0.636. The van der Waals surface area contributed by atoms with Crippen LogP contribution in [0.25, 0.3) is 0 Å². The Bertz CT molecular complexity index is 723. The molecule has 0 atom stereocenters. The number of carbonyl (C=O) groups excluding carboxylic acids is 2. The quantitative estimate of drug-likeness (QED) is 0.842. The summed E-state index contributed by atoms with van der Waals surface area (Å²) >= 11 is 0. The molecule has 1 aliphatic carbocycles. The van der Waals surface area contributed by atoms with E-state index in [1.165, 1.54) is 5.56 Å². The van der Waals surface area contributed by atoms with Gasteiger partial charge in [-0.2, -0.15) is 0 Å². The van der Waals surface area contributed by atoms with E-state index in [9.17, 15) is 9.59 Å². The van der Waals surface area contributed by atoms with Gasteiger partial charge in [-0.15, -0.1) is 0 Å². The van der Waals surface area contributed by atoms with Crippen LogP contribution in [0, 0.1) is 11.8 Å². The van der Waals surface area contributed by atoms with Gasteiger partial charge in [-0.05, 0) is 69.2 Å². The van der Waals surface area contributed by atoms with Crippen molar-refractivity contribution in [3.8, 4) is 11.5 Å². The molecule has 2 aliphatic rings. The third-order valence-electron chi connectivity index (χ3n) is 5.91. The van der Waals surface area contributed by atoms with Crippen molar-refractivity contribution in [2.24, 2.45) is 11.8 Å². The Hall–Kier alpha value is -2.24. The molecule has 1 fully saturated rings. The van der Waals surface area contributed by atoms with E-state index in [1.54, 1.807) is 14.2 Å². The van der Waals surface area contributed by atoms with Gasteiger partial charge in [-0.3, -0.25) is 9.59 Å². The minimum absolute atomic E-state index is 0.0322. The standard InChI is InChI=1S/C22H32N2O4/c1-14(2)23-21(25)15-5-7-16(8-6-15)22(26)24-10-9-17-11-19(27-3)20(28-4)12-18(17)13-24/h11-12,14-16H,5-10,13H2,1-4H3,(H,23,25). The Kier molecular flexibility index (Phi) is 6.47. The number of amides is 2. The summed E-state index contributed by atoms with van der Waals surface area (Å²) in [5.41, 5.74) is 2.35. The Labute approximate surface area is 167 Å². The molecule has 154 valence electrons. The molecule has 1 aromatic carbocycles. The summed E-state index contributed by atoms with van der Waals surface area (Å²) in [5, 5.41) is 2.99. The van der Waals surface area contributed by atoms with Gasteiger partial charge in [0.15, 0.2) is 11.5 Å². The number of rotatable bonds is 5. The van der Waals surface area contributed by atoms with Crippen molar-refractivity contribution >= 4 is 11.8 Å². The first kappa shape index (κ1) is 20.5. The van der Waals surface area contributed by atoms with Crippen LogP contribution in [0.3, 0.4) is 0 Å². The molecule has 0 saturated heterocycles. The molecule has 0 radical (unpaired) electrons. The molecular formula is C22H32N2O4. The Balaban J connectivity index is 1.60. The van der Waals surface area contributed by atoms with E-state index in [0.717, 1.165) is 50.0 Å². The van der Waals surface area contributed by atoms with E-state index < -0.39 is 0 Å². The second kappa shape index (κ2) is 8.84. The van der Waals surface area contributed by atoms with Gasteiger partial charge in [-0.25, -0.2) is 0 Å². The Morgan fingerprint density at radius 1 is 1.00 bits per heavy atom. The molecule has 6 nitrogen and oxygen atoms in total. The SMILES string of the molecule is COc1cc2c(cc1OC)CN(C(=O)C1CCC(C(=O)NC(C)C)CC1)CC2. The molecule has 1 saturated carbocycles. The number of nitrogens with one attached hydrogen (secondary N) is 1. The van der Waals surface area contributed by atoms with Gasteiger partial charge in [0.1, 0.15) is 0 Å². The van der Waals surface area contributed by atoms with Crippen LogP contribution in [-0.2, 0) is 22.6 Å². The maximum absolute atomic E-state index is 13.1. The highest BCUT2D eigenvalue weighted by Gasteiger charge is 2.33. The van der Waals surface area contributed by atoms with Crippen molar-refractivity contribution < 1.29 is 19.1 Å². The van der Waals surface area contributed by atoms with Gasteiger partial charge in [0, 0.05) is 31.0 Å². The number of hydrogen-bond acceptors (Lipinski definition) is 4. The largest absolute Gasteiger partial charge is 0.493 e. The number of carbonyl (C=O) groups is 2. The van der Waals surface area contributed by atoms with Crippen LogP contribution in [0.1, 0.15) is 50.7 Å². The zero-order valence-corrected chi connectivity index (χ0v) is 17.4. The number of fused-ring (bicyclic) bond motifs is 1. The van der Waals surface area contributed by atoms with Crippen molar-refractivity contribution in [3.05, 3.63) is 23.3 Å². The number of hydrogen-bond donors (Lipinski definition) is 1. The Morgan fingerprint density at radius 2 is 1.57 bits per heavy atom. The summed E-state index contributed by atoms with van der Waals surface area (Å²) in [6, 6.07) is 4.17. The second-order valence-electron chi connectivity index (χ2n) is 8.20. The summed E-state index contributed by atoms with van der Waals surface area (Å²) in [6.45, 7) is 5.30. The topological polar surface area (TPSA) is 67.9 Å². The molecule has 28 heavy (non-hydrogen) atoms. The lowest BCUT2D eigenvalue weighted by Gasteiger charge is -2.35. The molecule has 0 spiro atoms. The molecule has 3 rings (SSSR count). The third-order valence-corrected chi connectivity index (χ3v) is 5.91. The fourth-order valence-corrected chi connectivity index (χ4v) is 4.33. The predicted molar refractivity (Wildman–Crippen MR) is 107 cm³/mol. The van der Waals surface area contributed by atoms with E-state index >= 15 is 0 Å². The maximum Gasteiger partial charge on any atom is 0.225 e. The van der Waals surface area contributed by atoms with Crippen LogP contribution in [0.15, 0.2) is 12.1 Å². The van der Waals surface area contributed by atoms with Crippen molar-refractivity contribution in [2.75, 3.05) is 20.8 Å². The average molecular weight is 389 g/mol. The summed E-state index contributed by atoms with van der Waals surface area (Å²) in [5.74, 6) is 1.87. The van der Waals surface area contributed by atoms with Crippen LogP contribution in [0.2, 0.25) is 0 Å². The molecule has 0 aromatic heterocycles. The van der Waals surface area contributed by atoms with Crippen molar-refractivity contribution in [2.45, 2.75) is 58.5 Å². The second-order valence-corrected chi connectivity index (χ2v) is 8.20. The first-order chi connectivity index (χ1) is 13.4. The van der Waals surface area contributed by atoms with Gasteiger partial charge >= 0.3 is 0 Å². The van der Waals surface area contributed by atoms with Crippen LogP contribution in [0.5, 0.6) is 11.5 Å². The van der Waals surface area contributed by atoms with Crippen molar-refractivity contribution in [1.82, 2.24) is 10.2 Å². The average Bonchev–Trinajstić information content (AvgIpc) is 2.71. The van der Waals surface area contributed by atoms with Gasteiger partial charge in [0.2, 0.25) is 11.8 Å². The van der Waals surface area contributed by atoms with E-state index in [0.29, 0.717) is 12.3 Å². The first-order valence-corrected chi connectivity index (χ1v) is 10.3. The molecule has 1 aliphatic heterocycles. The monoisotopic (exact) mass is 388 g/mol. The lowest BCUT2D eigenvalue weighted by molar-refractivity contribution is -0.139. The number of ether oxygens (including phenoxy) is 2. The maximum atomic E-state index is 13.1. The molecule has 1 aromatic rings. The summed E-state index contributed by atoms with van der Waals surface area (Å²) in [7, 11) is 3.27. The van der Waals surface area contributed by atoms with Crippen LogP contribution in [0.4, 0.5) is 0 Å². The molecule has 2 amide bonds. The molecule has 1 heterocycles. The summed E-state index contributed by atoms with van der Waals surface area (Å²) < 4.78 is 10.8. The molecule has 0 bridgehead atoms. The highest BCUT2D eigenvalue weighted by atomic mass is 16.5. The minimum Gasteiger partial charge on any atom is -0.493 e. The number of methoxy groups -OCH3 is 2. The lowest BCUT2D eigenvalue weighted by Crippen LogP contribution is -2.42. The Morgan fingerprint density at radius 3 is 2.14 bits per heavy atom. The molecular weight excluding hydrogens is 356 g/mol. The normalized spacial score (nSPS) is 21.8. The van der Waals surface area contributed by atoms with E-state index in [2.05, 4.69) is 5.32 Å². The van der Waals surface area contributed by atoms with Crippen LogP contribution < -0.4 is 14.8 Å². The number of benzene rings is 1. The van der Waals surface area contributed by atoms with Gasteiger partial charge in [0.05, 0.1) is 14.2 Å². The summed E-state index contributed by atoms with van der Waals surface area (Å²) in [4.78, 5) is 27.2. The molecule has 0 unspecified atom stereocenters. The third kappa shape index (κ3) is 4.42. The van der Waals surface area contributed by atoms with Gasteiger partial charge in [-0.1, -0.05) is 0 Å². The smallest absolute Gasteiger partial charge is 0.225 e.